The van der Waals surface area contributed by atoms with Gasteiger partial charge >= 0.3 is 0 Å². The number of hydrogen-bond donors (Lipinski definition) is 1. The van der Waals surface area contributed by atoms with Gasteiger partial charge in [-0.05, 0) is 31.9 Å². The highest BCUT2D eigenvalue weighted by Gasteiger charge is 2.26. The number of aryl methyl sites for hydroxylation is 1. The van der Waals surface area contributed by atoms with Crippen LogP contribution in [-0.4, -0.2) is 37.7 Å². The Morgan fingerprint density at radius 3 is 3.04 bits per heavy atom. The van der Waals surface area contributed by atoms with E-state index in [0.717, 1.165) is 53.6 Å². The Morgan fingerprint density at radius 1 is 1.27 bits per heavy atom. The van der Waals surface area contributed by atoms with Crippen molar-refractivity contribution in [2.24, 2.45) is 0 Å². The number of anilines is 1. The van der Waals surface area contributed by atoms with E-state index < -0.39 is 0 Å². The van der Waals surface area contributed by atoms with Crippen molar-refractivity contribution in [2.45, 2.75) is 25.7 Å². The Labute approximate surface area is 153 Å². The Bertz CT molecular complexity index is 1130. The zero-order chi connectivity index (χ0) is 17.7. The molecule has 3 aromatic heterocycles. The lowest BCUT2D eigenvalue weighted by Gasteiger charge is -2.31. The van der Waals surface area contributed by atoms with E-state index in [-0.39, 0.29) is 5.56 Å². The van der Waals surface area contributed by atoms with E-state index in [1.54, 1.807) is 0 Å². The van der Waals surface area contributed by atoms with Crippen molar-refractivity contribution in [3.8, 4) is 0 Å². The first kappa shape index (κ1) is 15.5. The lowest BCUT2D eigenvalue weighted by atomic mass is 9.98. The van der Waals surface area contributed by atoms with Gasteiger partial charge in [0.1, 0.15) is 5.82 Å². The number of benzene rings is 1. The van der Waals surface area contributed by atoms with Crippen LogP contribution in [0.5, 0.6) is 0 Å². The van der Waals surface area contributed by atoms with Crippen molar-refractivity contribution in [1.82, 2.24) is 24.6 Å². The normalized spacial score (nSPS) is 18.0. The Kier molecular flexibility index (Phi) is 3.53. The van der Waals surface area contributed by atoms with Crippen molar-refractivity contribution in [3.05, 3.63) is 52.2 Å². The van der Waals surface area contributed by atoms with Gasteiger partial charge in [-0.1, -0.05) is 23.5 Å². The van der Waals surface area contributed by atoms with Crippen LogP contribution in [0.1, 0.15) is 30.3 Å². The predicted molar refractivity (Wildman–Crippen MR) is 102 cm³/mol. The molecule has 1 aliphatic heterocycles. The first-order chi connectivity index (χ1) is 12.7. The molecule has 1 aliphatic rings. The minimum Gasteiger partial charge on any atom is -0.346 e. The molecule has 1 fully saturated rings. The summed E-state index contributed by atoms with van der Waals surface area (Å²) >= 11 is 1.47. The number of hydrogen-bond acceptors (Lipinski definition) is 6. The molecule has 132 valence electrons. The number of piperidine rings is 1. The number of aromatic amines is 1. The van der Waals surface area contributed by atoms with Gasteiger partial charge in [-0.2, -0.15) is 4.52 Å². The number of fused-ring (bicyclic) bond motifs is 2. The molecule has 1 atom stereocenters. The molecule has 4 heterocycles. The molecule has 0 bridgehead atoms. The fraction of sp³-hybridized carbons (Fsp3) is 0.333. The van der Waals surface area contributed by atoms with Crippen molar-refractivity contribution >= 4 is 32.5 Å². The molecule has 1 saturated heterocycles. The highest BCUT2D eigenvalue weighted by atomic mass is 32.1. The number of aromatic nitrogens is 5. The van der Waals surface area contributed by atoms with Crippen LogP contribution in [0.3, 0.4) is 0 Å². The van der Waals surface area contributed by atoms with E-state index in [1.807, 2.05) is 25.1 Å². The minimum absolute atomic E-state index is 0.124. The molecule has 26 heavy (non-hydrogen) atoms. The molecule has 4 aromatic rings. The molecule has 8 heteroatoms. The summed E-state index contributed by atoms with van der Waals surface area (Å²) in [7, 11) is 0. The van der Waals surface area contributed by atoms with Gasteiger partial charge in [-0.3, -0.25) is 4.79 Å². The quantitative estimate of drug-likeness (QED) is 0.590. The summed E-state index contributed by atoms with van der Waals surface area (Å²) in [4.78, 5) is 27.7. The summed E-state index contributed by atoms with van der Waals surface area (Å²) in [6, 6.07) is 9.63. The van der Waals surface area contributed by atoms with Gasteiger partial charge < -0.3 is 9.88 Å². The first-order valence-electron chi connectivity index (χ1n) is 8.74. The monoisotopic (exact) mass is 366 g/mol. The molecule has 5 rings (SSSR count). The molecule has 0 radical (unpaired) electrons. The number of H-pyrrole nitrogens is 1. The second-order valence-electron chi connectivity index (χ2n) is 6.74. The minimum atomic E-state index is -0.124. The lowest BCUT2D eigenvalue weighted by molar-refractivity contribution is 0.493. The Balaban J connectivity index is 1.47. The van der Waals surface area contributed by atoms with Gasteiger partial charge in [0.05, 0.1) is 11.0 Å². The largest absolute Gasteiger partial charge is 0.346 e. The lowest BCUT2D eigenvalue weighted by Crippen LogP contribution is -2.34. The van der Waals surface area contributed by atoms with E-state index in [1.165, 1.54) is 21.9 Å². The van der Waals surface area contributed by atoms with E-state index in [9.17, 15) is 4.79 Å². The van der Waals surface area contributed by atoms with Gasteiger partial charge in [0.25, 0.3) is 5.56 Å². The molecule has 7 nitrogen and oxygen atoms in total. The van der Waals surface area contributed by atoms with Crippen LogP contribution in [-0.2, 0) is 0 Å². The SMILES string of the molecule is Cc1cc(=O)n2nc(N3CCC[C@H](c4nc5ccccc5[nH]4)C3)sc2n1. The van der Waals surface area contributed by atoms with Gasteiger partial charge in [0.2, 0.25) is 10.1 Å². The molecular weight excluding hydrogens is 348 g/mol. The average molecular weight is 366 g/mol. The molecule has 1 N–H and O–H groups in total. The molecular formula is C18H18N6OS. The topological polar surface area (TPSA) is 79.2 Å². The van der Waals surface area contributed by atoms with Crippen molar-refractivity contribution < 1.29 is 0 Å². The molecule has 0 amide bonds. The van der Waals surface area contributed by atoms with Gasteiger partial charge in [0.15, 0.2) is 0 Å². The van der Waals surface area contributed by atoms with E-state index in [0.29, 0.717) is 10.9 Å². The zero-order valence-electron chi connectivity index (χ0n) is 14.3. The van der Waals surface area contributed by atoms with Crippen molar-refractivity contribution in [1.29, 1.82) is 0 Å². The van der Waals surface area contributed by atoms with Crippen LogP contribution in [0, 0.1) is 6.92 Å². The van der Waals surface area contributed by atoms with Crippen LogP contribution >= 0.6 is 11.3 Å². The summed E-state index contributed by atoms with van der Waals surface area (Å²) in [5.41, 5.74) is 2.68. The Morgan fingerprint density at radius 2 is 2.15 bits per heavy atom. The third-order valence-corrected chi connectivity index (χ3v) is 5.82. The number of rotatable bonds is 2. The standard InChI is InChI=1S/C18H18N6OS/c1-11-9-15(25)24-17(19-11)26-18(22-24)23-8-4-5-12(10-23)16-20-13-6-2-3-7-14(13)21-16/h2-3,6-7,9,12H,4-5,8,10H2,1H3,(H,20,21)/t12-/m0/s1. The highest BCUT2D eigenvalue weighted by molar-refractivity contribution is 7.20. The number of nitrogens with zero attached hydrogens (tertiary/aromatic N) is 5. The number of imidazole rings is 1. The second-order valence-corrected chi connectivity index (χ2v) is 7.67. The van der Waals surface area contributed by atoms with Gasteiger partial charge in [0, 0.05) is 30.8 Å². The summed E-state index contributed by atoms with van der Waals surface area (Å²) in [5, 5.41) is 5.35. The van der Waals surface area contributed by atoms with E-state index in [2.05, 4.69) is 26.0 Å². The van der Waals surface area contributed by atoms with Crippen LogP contribution < -0.4 is 10.5 Å². The summed E-state index contributed by atoms with van der Waals surface area (Å²) in [6.07, 6.45) is 2.16. The van der Waals surface area contributed by atoms with Crippen LogP contribution in [0.15, 0.2) is 35.1 Å². The second kappa shape index (κ2) is 5.91. The summed E-state index contributed by atoms with van der Waals surface area (Å²) in [5.74, 6) is 1.36. The molecule has 0 spiro atoms. The van der Waals surface area contributed by atoms with Crippen LogP contribution in [0.4, 0.5) is 5.13 Å². The maximum Gasteiger partial charge on any atom is 0.275 e. The maximum atomic E-state index is 12.1. The van der Waals surface area contributed by atoms with E-state index in [4.69, 9.17) is 4.98 Å². The van der Waals surface area contributed by atoms with Crippen LogP contribution in [0.2, 0.25) is 0 Å². The Hall–Kier alpha value is -2.74. The fourth-order valence-corrected chi connectivity index (χ4v) is 4.57. The first-order valence-corrected chi connectivity index (χ1v) is 9.56. The number of para-hydroxylation sites is 2. The zero-order valence-corrected chi connectivity index (χ0v) is 15.2. The summed E-state index contributed by atoms with van der Waals surface area (Å²) in [6.45, 7) is 3.61. The van der Waals surface area contributed by atoms with Gasteiger partial charge in [-0.15, -0.1) is 5.10 Å². The maximum absolute atomic E-state index is 12.1. The predicted octanol–water partition coefficient (Wildman–Crippen LogP) is 2.72. The van der Waals surface area contributed by atoms with Gasteiger partial charge in [-0.25, -0.2) is 9.97 Å². The summed E-state index contributed by atoms with van der Waals surface area (Å²) < 4.78 is 1.40. The smallest absolute Gasteiger partial charge is 0.275 e. The molecule has 0 saturated carbocycles. The third kappa shape index (κ3) is 2.57. The average Bonchev–Trinajstić information content (AvgIpc) is 3.26. The number of nitrogens with one attached hydrogen (secondary N) is 1. The van der Waals surface area contributed by atoms with Crippen LogP contribution in [0.25, 0.3) is 16.0 Å². The van der Waals surface area contributed by atoms with Crippen molar-refractivity contribution in [3.63, 3.8) is 0 Å². The molecule has 1 aromatic carbocycles. The molecule has 0 aliphatic carbocycles. The third-order valence-electron chi connectivity index (χ3n) is 4.85. The highest BCUT2D eigenvalue weighted by Crippen LogP contribution is 2.31. The van der Waals surface area contributed by atoms with Crippen molar-refractivity contribution in [2.75, 3.05) is 18.0 Å². The fourth-order valence-electron chi connectivity index (χ4n) is 3.58. The van der Waals surface area contributed by atoms with E-state index >= 15 is 0 Å². The molecule has 0 unspecified atom stereocenters.